The Bertz CT molecular complexity index is 336. The van der Waals surface area contributed by atoms with Crippen molar-refractivity contribution in [3.8, 4) is 0 Å². The molecule has 0 aliphatic rings. The molecule has 18 heavy (non-hydrogen) atoms. The predicted molar refractivity (Wildman–Crippen MR) is 63.8 cm³/mol. The molecule has 0 saturated carbocycles. The molecular formula is C10H18O7S. The molecule has 7 nitrogen and oxygen atoms in total. The minimum absolute atomic E-state index is 0.146. The van der Waals surface area contributed by atoms with E-state index in [1.54, 1.807) is 0 Å². The maximum atomic E-state index is 10.6. The standard InChI is InChI=1S/C10H18O7S/c1-2-10(11)17-8-7-16-6-5-15-4-3-9-18(12,13)14/h2H,1,3-9H2,(H,12,13,14). The normalized spacial score (nSPS) is 11.2. The number of carbonyl (C=O) groups excluding carboxylic acids is 1. The van der Waals surface area contributed by atoms with Gasteiger partial charge >= 0.3 is 5.97 Å². The van der Waals surface area contributed by atoms with E-state index >= 15 is 0 Å². The lowest BCUT2D eigenvalue weighted by molar-refractivity contribution is -0.139. The van der Waals surface area contributed by atoms with E-state index < -0.39 is 16.1 Å². The minimum atomic E-state index is -3.91. The van der Waals surface area contributed by atoms with Crippen molar-refractivity contribution in [2.45, 2.75) is 6.42 Å². The molecule has 0 radical (unpaired) electrons. The zero-order valence-corrected chi connectivity index (χ0v) is 10.9. The number of ether oxygens (including phenoxy) is 3. The molecule has 0 aromatic carbocycles. The van der Waals surface area contributed by atoms with Crippen LogP contribution in [0.3, 0.4) is 0 Å². The maximum Gasteiger partial charge on any atom is 0.330 e. The highest BCUT2D eigenvalue weighted by Gasteiger charge is 2.02. The van der Waals surface area contributed by atoms with Crippen LogP contribution in [0, 0.1) is 0 Å². The molecule has 106 valence electrons. The van der Waals surface area contributed by atoms with Gasteiger partial charge in [-0.05, 0) is 6.42 Å². The number of esters is 1. The second kappa shape index (κ2) is 10.0. The Morgan fingerprint density at radius 2 is 1.67 bits per heavy atom. The first-order valence-electron chi connectivity index (χ1n) is 5.35. The average Bonchev–Trinajstić information content (AvgIpc) is 2.29. The fourth-order valence-electron chi connectivity index (χ4n) is 0.925. The van der Waals surface area contributed by atoms with Gasteiger partial charge in [-0.15, -0.1) is 0 Å². The van der Waals surface area contributed by atoms with E-state index in [0.717, 1.165) is 6.08 Å². The highest BCUT2D eigenvalue weighted by Crippen LogP contribution is 1.90. The molecule has 0 fully saturated rings. The quantitative estimate of drug-likeness (QED) is 0.247. The molecule has 0 aliphatic heterocycles. The van der Waals surface area contributed by atoms with E-state index in [2.05, 4.69) is 11.3 Å². The number of carbonyl (C=O) groups is 1. The van der Waals surface area contributed by atoms with E-state index in [1.807, 2.05) is 0 Å². The van der Waals surface area contributed by atoms with Crippen LogP contribution in [0.4, 0.5) is 0 Å². The minimum Gasteiger partial charge on any atom is -0.460 e. The van der Waals surface area contributed by atoms with Crippen molar-refractivity contribution in [2.24, 2.45) is 0 Å². The maximum absolute atomic E-state index is 10.6. The van der Waals surface area contributed by atoms with Gasteiger partial charge in [-0.2, -0.15) is 8.42 Å². The molecule has 1 N–H and O–H groups in total. The van der Waals surface area contributed by atoms with E-state index in [4.69, 9.17) is 14.0 Å². The van der Waals surface area contributed by atoms with Gasteiger partial charge in [-0.3, -0.25) is 4.55 Å². The Kier molecular flexibility index (Phi) is 9.47. The predicted octanol–water partition coefficient (Wildman–Crippen LogP) is 0.0267. The van der Waals surface area contributed by atoms with E-state index in [-0.39, 0.29) is 32.0 Å². The summed E-state index contributed by atoms with van der Waals surface area (Å²) in [5.74, 6) is -0.814. The first-order valence-corrected chi connectivity index (χ1v) is 6.96. The Labute approximate surface area is 106 Å². The van der Waals surface area contributed by atoms with Crippen LogP contribution in [0.1, 0.15) is 6.42 Å². The molecular weight excluding hydrogens is 264 g/mol. The van der Waals surface area contributed by atoms with Crippen LogP contribution in [0.2, 0.25) is 0 Å². The lowest BCUT2D eigenvalue weighted by Crippen LogP contribution is -2.12. The lowest BCUT2D eigenvalue weighted by atomic mass is 10.5. The molecule has 0 unspecified atom stereocenters. The van der Waals surface area contributed by atoms with Gasteiger partial charge in [0.05, 0.1) is 25.6 Å². The Morgan fingerprint density at radius 1 is 1.11 bits per heavy atom. The summed E-state index contributed by atoms with van der Waals surface area (Å²) < 4.78 is 43.9. The smallest absolute Gasteiger partial charge is 0.330 e. The third-order valence-electron chi connectivity index (χ3n) is 1.70. The number of hydrogen-bond acceptors (Lipinski definition) is 6. The van der Waals surface area contributed by atoms with Crippen molar-refractivity contribution < 1.29 is 32.0 Å². The van der Waals surface area contributed by atoms with E-state index in [9.17, 15) is 13.2 Å². The first kappa shape index (κ1) is 17.0. The van der Waals surface area contributed by atoms with Gasteiger partial charge in [-0.25, -0.2) is 4.79 Å². The number of rotatable bonds is 11. The Hall–Kier alpha value is -0.960. The van der Waals surface area contributed by atoms with E-state index in [0.29, 0.717) is 13.2 Å². The zero-order chi connectivity index (χ0) is 13.9. The van der Waals surface area contributed by atoms with Crippen LogP contribution in [-0.4, -0.2) is 57.7 Å². The fraction of sp³-hybridized carbons (Fsp3) is 0.700. The van der Waals surface area contributed by atoms with Crippen LogP contribution >= 0.6 is 0 Å². The van der Waals surface area contributed by atoms with Gasteiger partial charge in [0.2, 0.25) is 0 Å². The SMILES string of the molecule is C=CC(=O)OCCOCCOCCCS(=O)(=O)O. The molecule has 8 heteroatoms. The average molecular weight is 282 g/mol. The van der Waals surface area contributed by atoms with Gasteiger partial charge in [-0.1, -0.05) is 6.58 Å². The second-order valence-electron chi connectivity index (χ2n) is 3.24. The Morgan fingerprint density at radius 3 is 2.22 bits per heavy atom. The summed E-state index contributed by atoms with van der Waals surface area (Å²) in [5.41, 5.74) is 0. The summed E-state index contributed by atoms with van der Waals surface area (Å²) in [5, 5.41) is 0. The van der Waals surface area contributed by atoms with Crippen molar-refractivity contribution in [1.82, 2.24) is 0 Å². The monoisotopic (exact) mass is 282 g/mol. The third-order valence-corrected chi connectivity index (χ3v) is 2.51. The fourth-order valence-corrected chi connectivity index (χ4v) is 1.41. The summed E-state index contributed by atoms with van der Waals surface area (Å²) >= 11 is 0. The van der Waals surface area contributed by atoms with E-state index in [1.165, 1.54) is 0 Å². The molecule has 0 spiro atoms. The summed E-state index contributed by atoms with van der Waals surface area (Å²) in [4.78, 5) is 10.6. The Balaban J connectivity index is 3.17. The largest absolute Gasteiger partial charge is 0.460 e. The highest BCUT2D eigenvalue weighted by molar-refractivity contribution is 7.85. The molecule has 0 rings (SSSR count). The topological polar surface area (TPSA) is 99.1 Å². The molecule has 0 aliphatic carbocycles. The van der Waals surface area contributed by atoms with Gasteiger partial charge < -0.3 is 14.2 Å². The molecule has 0 heterocycles. The van der Waals surface area contributed by atoms with Crippen LogP contribution in [-0.2, 0) is 29.1 Å². The van der Waals surface area contributed by atoms with Crippen molar-refractivity contribution in [3.63, 3.8) is 0 Å². The van der Waals surface area contributed by atoms with Gasteiger partial charge in [0, 0.05) is 12.7 Å². The van der Waals surface area contributed by atoms with Crippen molar-refractivity contribution >= 4 is 16.1 Å². The van der Waals surface area contributed by atoms with Crippen molar-refractivity contribution in [1.29, 1.82) is 0 Å². The van der Waals surface area contributed by atoms with Crippen LogP contribution in [0.5, 0.6) is 0 Å². The van der Waals surface area contributed by atoms with Crippen LogP contribution in [0.25, 0.3) is 0 Å². The van der Waals surface area contributed by atoms with Crippen LogP contribution in [0.15, 0.2) is 12.7 Å². The van der Waals surface area contributed by atoms with Crippen molar-refractivity contribution in [2.75, 3.05) is 38.8 Å². The first-order chi connectivity index (χ1) is 8.45. The summed E-state index contributed by atoms with van der Waals surface area (Å²) in [6.07, 6.45) is 1.30. The summed E-state index contributed by atoms with van der Waals surface area (Å²) in [6, 6.07) is 0. The molecule has 0 aromatic rings. The second-order valence-corrected chi connectivity index (χ2v) is 4.81. The van der Waals surface area contributed by atoms with Crippen LogP contribution < -0.4 is 0 Å². The summed E-state index contributed by atoms with van der Waals surface area (Å²) in [7, 11) is -3.91. The summed E-state index contributed by atoms with van der Waals surface area (Å²) in [6.45, 7) is 4.50. The molecule has 0 aromatic heterocycles. The molecule has 0 atom stereocenters. The number of hydrogen-bond donors (Lipinski definition) is 1. The molecule has 0 saturated heterocycles. The zero-order valence-electron chi connectivity index (χ0n) is 10.0. The molecule has 0 amide bonds. The highest BCUT2D eigenvalue weighted by atomic mass is 32.2. The van der Waals surface area contributed by atoms with Crippen molar-refractivity contribution in [3.05, 3.63) is 12.7 Å². The van der Waals surface area contributed by atoms with Gasteiger partial charge in [0.1, 0.15) is 6.61 Å². The van der Waals surface area contributed by atoms with Gasteiger partial charge in [0.25, 0.3) is 10.1 Å². The van der Waals surface area contributed by atoms with Gasteiger partial charge in [0.15, 0.2) is 0 Å². The lowest BCUT2D eigenvalue weighted by Gasteiger charge is -2.05. The third kappa shape index (κ3) is 13.1. The molecule has 0 bridgehead atoms.